The molecule has 2 N–H and O–H groups in total. The molecule has 0 aliphatic carbocycles. The van der Waals surface area contributed by atoms with E-state index in [-0.39, 0.29) is 6.10 Å². The summed E-state index contributed by atoms with van der Waals surface area (Å²) in [5.41, 5.74) is 7.81. The summed E-state index contributed by atoms with van der Waals surface area (Å²) in [5.74, 6) is 0. The number of rotatable bonds is 5. The molecule has 0 spiro atoms. The minimum Gasteiger partial charge on any atom is -0.367 e. The molecule has 0 heterocycles. The Kier molecular flexibility index (Phi) is 4.93. The van der Waals surface area contributed by atoms with E-state index in [9.17, 15) is 0 Å². The monoisotopic (exact) mass is 305 g/mol. The Bertz CT molecular complexity index is 470. The van der Waals surface area contributed by atoms with Crippen LogP contribution in [0.1, 0.15) is 17.2 Å². The zero-order valence-corrected chi connectivity index (χ0v) is 11.6. The maximum absolute atomic E-state index is 5.86. The van der Waals surface area contributed by atoms with Crippen LogP contribution in [0.4, 0.5) is 0 Å². The van der Waals surface area contributed by atoms with Gasteiger partial charge in [-0.3, -0.25) is 0 Å². The number of hydrogen-bond donors (Lipinski definition) is 1. The molecule has 94 valence electrons. The van der Waals surface area contributed by atoms with Crippen molar-refractivity contribution in [1.82, 2.24) is 0 Å². The Hall–Kier alpha value is -1.16. The minimum absolute atomic E-state index is 0.0529. The first-order valence-corrected chi connectivity index (χ1v) is 6.72. The van der Waals surface area contributed by atoms with Crippen molar-refractivity contribution < 1.29 is 4.74 Å². The number of benzene rings is 2. The molecular formula is C15H16BrNO. The van der Waals surface area contributed by atoms with E-state index >= 15 is 0 Å². The first kappa shape index (κ1) is 13.3. The summed E-state index contributed by atoms with van der Waals surface area (Å²) in [6.07, 6.45) is -0.0529. The summed E-state index contributed by atoms with van der Waals surface area (Å²) in [5, 5.41) is 0. The lowest BCUT2D eigenvalue weighted by atomic mass is 10.0. The normalized spacial score (nSPS) is 12.3. The van der Waals surface area contributed by atoms with Crippen molar-refractivity contribution in [2.24, 2.45) is 5.73 Å². The Labute approximate surface area is 116 Å². The van der Waals surface area contributed by atoms with Crippen LogP contribution < -0.4 is 5.73 Å². The minimum atomic E-state index is -0.0529. The predicted octanol–water partition coefficient (Wildman–Crippen LogP) is 3.51. The second kappa shape index (κ2) is 6.69. The van der Waals surface area contributed by atoms with Crippen LogP contribution in [0.5, 0.6) is 0 Å². The Balaban J connectivity index is 2.27. The lowest BCUT2D eigenvalue weighted by Crippen LogP contribution is -2.13. The van der Waals surface area contributed by atoms with Gasteiger partial charge in [-0.2, -0.15) is 0 Å². The summed E-state index contributed by atoms with van der Waals surface area (Å²) < 4.78 is 6.93. The Morgan fingerprint density at radius 3 is 2.17 bits per heavy atom. The highest BCUT2D eigenvalue weighted by Gasteiger charge is 2.13. The molecule has 0 fully saturated rings. The maximum atomic E-state index is 5.86. The highest BCUT2D eigenvalue weighted by Crippen LogP contribution is 2.26. The van der Waals surface area contributed by atoms with Crippen LogP contribution in [-0.2, 0) is 4.74 Å². The van der Waals surface area contributed by atoms with Gasteiger partial charge in [0.05, 0.1) is 6.61 Å². The lowest BCUT2D eigenvalue weighted by Gasteiger charge is -2.18. The van der Waals surface area contributed by atoms with Gasteiger partial charge in [0.2, 0.25) is 0 Å². The zero-order chi connectivity index (χ0) is 12.8. The van der Waals surface area contributed by atoms with Gasteiger partial charge in [-0.15, -0.1) is 0 Å². The molecule has 2 nitrogen and oxygen atoms in total. The predicted molar refractivity (Wildman–Crippen MR) is 77.4 cm³/mol. The second-order valence-electron chi connectivity index (χ2n) is 4.00. The second-order valence-corrected chi connectivity index (χ2v) is 4.92. The molecule has 0 aliphatic heterocycles. The molecular weight excluding hydrogens is 290 g/mol. The van der Waals surface area contributed by atoms with Crippen LogP contribution in [0.15, 0.2) is 59.1 Å². The van der Waals surface area contributed by atoms with Gasteiger partial charge in [0.15, 0.2) is 0 Å². The molecule has 0 saturated carbocycles. The van der Waals surface area contributed by atoms with E-state index in [1.54, 1.807) is 0 Å². The SMILES string of the molecule is NCCOC(c1ccccc1)c1ccc(Br)cc1. The lowest BCUT2D eigenvalue weighted by molar-refractivity contribution is 0.0864. The molecule has 0 saturated heterocycles. The van der Waals surface area contributed by atoms with E-state index in [2.05, 4.69) is 40.2 Å². The van der Waals surface area contributed by atoms with Crippen molar-refractivity contribution in [2.75, 3.05) is 13.2 Å². The van der Waals surface area contributed by atoms with Crippen LogP contribution in [0.2, 0.25) is 0 Å². The number of hydrogen-bond acceptors (Lipinski definition) is 2. The third kappa shape index (κ3) is 3.42. The molecule has 1 unspecified atom stereocenters. The highest BCUT2D eigenvalue weighted by atomic mass is 79.9. The molecule has 0 radical (unpaired) electrons. The summed E-state index contributed by atoms with van der Waals surface area (Å²) in [4.78, 5) is 0. The van der Waals surface area contributed by atoms with E-state index in [4.69, 9.17) is 10.5 Å². The number of halogens is 1. The van der Waals surface area contributed by atoms with Crippen molar-refractivity contribution in [3.05, 3.63) is 70.2 Å². The zero-order valence-electron chi connectivity index (χ0n) is 10.1. The van der Waals surface area contributed by atoms with E-state index in [1.807, 2.05) is 30.3 Å². The van der Waals surface area contributed by atoms with Gasteiger partial charge >= 0.3 is 0 Å². The molecule has 0 aliphatic rings. The summed E-state index contributed by atoms with van der Waals surface area (Å²) in [7, 11) is 0. The average Bonchev–Trinajstić information content (AvgIpc) is 2.42. The molecule has 0 bridgehead atoms. The topological polar surface area (TPSA) is 35.2 Å². The summed E-state index contributed by atoms with van der Waals surface area (Å²) in [6.45, 7) is 1.08. The molecule has 1 atom stereocenters. The van der Waals surface area contributed by atoms with Gasteiger partial charge in [0.25, 0.3) is 0 Å². The largest absolute Gasteiger partial charge is 0.367 e. The number of nitrogens with two attached hydrogens (primary N) is 1. The van der Waals surface area contributed by atoms with Crippen LogP contribution in [0.3, 0.4) is 0 Å². The first-order chi connectivity index (χ1) is 8.81. The third-order valence-corrected chi connectivity index (χ3v) is 3.21. The van der Waals surface area contributed by atoms with Crippen molar-refractivity contribution in [3.63, 3.8) is 0 Å². The van der Waals surface area contributed by atoms with Gasteiger partial charge < -0.3 is 10.5 Å². The summed E-state index contributed by atoms with van der Waals surface area (Å²) in [6, 6.07) is 18.4. The molecule has 2 aromatic rings. The Morgan fingerprint density at radius 2 is 1.56 bits per heavy atom. The van der Waals surface area contributed by atoms with Crippen LogP contribution in [0, 0.1) is 0 Å². The fourth-order valence-electron chi connectivity index (χ4n) is 1.84. The molecule has 2 aromatic carbocycles. The molecule has 2 rings (SSSR count). The van der Waals surface area contributed by atoms with E-state index in [1.165, 1.54) is 0 Å². The van der Waals surface area contributed by atoms with E-state index < -0.39 is 0 Å². The Morgan fingerprint density at radius 1 is 0.944 bits per heavy atom. The van der Waals surface area contributed by atoms with Crippen molar-refractivity contribution in [3.8, 4) is 0 Å². The van der Waals surface area contributed by atoms with Crippen molar-refractivity contribution in [1.29, 1.82) is 0 Å². The number of ether oxygens (including phenoxy) is 1. The van der Waals surface area contributed by atoms with E-state index in [0.29, 0.717) is 13.2 Å². The quantitative estimate of drug-likeness (QED) is 0.917. The molecule has 0 aromatic heterocycles. The highest BCUT2D eigenvalue weighted by molar-refractivity contribution is 9.10. The van der Waals surface area contributed by atoms with Gasteiger partial charge in [0.1, 0.15) is 6.10 Å². The fourth-order valence-corrected chi connectivity index (χ4v) is 2.10. The fraction of sp³-hybridized carbons (Fsp3) is 0.200. The van der Waals surface area contributed by atoms with Gasteiger partial charge in [-0.05, 0) is 23.3 Å². The van der Waals surface area contributed by atoms with Crippen LogP contribution >= 0.6 is 15.9 Å². The van der Waals surface area contributed by atoms with Gasteiger partial charge in [-0.25, -0.2) is 0 Å². The average molecular weight is 306 g/mol. The molecule has 18 heavy (non-hydrogen) atoms. The first-order valence-electron chi connectivity index (χ1n) is 5.93. The van der Waals surface area contributed by atoms with Gasteiger partial charge in [0, 0.05) is 11.0 Å². The molecule has 0 amide bonds. The summed E-state index contributed by atoms with van der Waals surface area (Å²) >= 11 is 3.44. The van der Waals surface area contributed by atoms with Gasteiger partial charge in [-0.1, -0.05) is 58.4 Å². The van der Waals surface area contributed by atoms with Crippen LogP contribution in [-0.4, -0.2) is 13.2 Å². The standard InChI is InChI=1S/C15H16BrNO/c16-14-8-6-13(7-9-14)15(18-11-10-17)12-4-2-1-3-5-12/h1-9,15H,10-11,17H2. The maximum Gasteiger partial charge on any atom is 0.108 e. The van der Waals surface area contributed by atoms with Crippen molar-refractivity contribution >= 4 is 15.9 Å². The smallest absolute Gasteiger partial charge is 0.108 e. The van der Waals surface area contributed by atoms with Crippen LogP contribution in [0.25, 0.3) is 0 Å². The van der Waals surface area contributed by atoms with E-state index in [0.717, 1.165) is 15.6 Å². The third-order valence-electron chi connectivity index (χ3n) is 2.68. The molecule has 3 heteroatoms. The van der Waals surface area contributed by atoms with Crippen molar-refractivity contribution in [2.45, 2.75) is 6.10 Å².